The first-order chi connectivity index (χ1) is 14.1. The van der Waals surface area contributed by atoms with Crippen LogP contribution in [0, 0.1) is 25.2 Å². The average Bonchev–Trinajstić information content (AvgIpc) is 2.75. The van der Waals surface area contributed by atoms with Gasteiger partial charge in [0.15, 0.2) is 0 Å². The Morgan fingerprint density at radius 2 is 1.69 bits per heavy atom. The van der Waals surface area contributed by atoms with Crippen LogP contribution in [-0.4, -0.2) is 35.3 Å². The molecule has 4 heteroatoms. The molecule has 1 unspecified atom stereocenters. The number of aryl methyl sites for hydroxylation is 1. The highest BCUT2D eigenvalue weighted by molar-refractivity contribution is 5.99. The Labute approximate surface area is 175 Å². The zero-order chi connectivity index (χ0) is 20.6. The third kappa shape index (κ3) is 5.41. The second kappa shape index (κ2) is 10.5. The van der Waals surface area contributed by atoms with Gasteiger partial charge in [-0.2, -0.15) is 0 Å². The minimum Gasteiger partial charge on any atom is -0.352 e. The summed E-state index contributed by atoms with van der Waals surface area (Å²) in [5, 5.41) is 3.27. The normalized spacial score (nSPS) is 19.2. The van der Waals surface area contributed by atoms with Crippen molar-refractivity contribution in [1.29, 1.82) is 0 Å². The van der Waals surface area contributed by atoms with Crippen LogP contribution in [0.3, 0.4) is 0 Å². The Morgan fingerprint density at radius 3 is 2.31 bits per heavy atom. The summed E-state index contributed by atoms with van der Waals surface area (Å²) in [7, 11) is 0. The molecular formula is C25H34N2O2. The van der Waals surface area contributed by atoms with Crippen LogP contribution in [0.25, 0.3) is 0 Å². The van der Waals surface area contributed by atoms with E-state index in [1.165, 1.54) is 12.8 Å². The summed E-state index contributed by atoms with van der Waals surface area (Å²) in [5.74, 6) is 2.67. The number of terminal acetylenes is 1. The maximum absolute atomic E-state index is 13.5. The molecule has 2 saturated carbocycles. The van der Waals surface area contributed by atoms with E-state index in [1.807, 2.05) is 31.2 Å². The number of benzene rings is 1. The molecule has 1 aromatic rings. The van der Waals surface area contributed by atoms with E-state index in [2.05, 4.69) is 11.2 Å². The predicted octanol–water partition coefficient (Wildman–Crippen LogP) is 4.47. The lowest BCUT2D eigenvalue weighted by atomic mass is 9.82. The number of hydrogen-bond donors (Lipinski definition) is 1. The summed E-state index contributed by atoms with van der Waals surface area (Å²) in [4.78, 5) is 28.6. The third-order valence-corrected chi connectivity index (χ3v) is 6.55. The maximum atomic E-state index is 13.5. The molecule has 0 bridgehead atoms. The highest BCUT2D eigenvalue weighted by atomic mass is 16.2. The summed E-state index contributed by atoms with van der Waals surface area (Å²) in [6.45, 7) is 2.09. The molecule has 0 heterocycles. The molecule has 2 amide bonds. The number of amides is 2. The van der Waals surface area contributed by atoms with Gasteiger partial charge in [0, 0.05) is 11.6 Å². The van der Waals surface area contributed by atoms with Crippen molar-refractivity contribution in [3.63, 3.8) is 0 Å². The molecule has 156 valence electrons. The Balaban J connectivity index is 1.88. The molecule has 1 aromatic carbocycles. The molecule has 29 heavy (non-hydrogen) atoms. The smallest absolute Gasteiger partial charge is 0.255 e. The zero-order valence-corrected chi connectivity index (χ0v) is 17.7. The lowest BCUT2D eigenvalue weighted by molar-refractivity contribution is -0.128. The first-order valence-corrected chi connectivity index (χ1v) is 11.2. The zero-order valence-electron chi connectivity index (χ0n) is 17.7. The first kappa shape index (κ1) is 21.4. The number of nitrogens with one attached hydrogen (secondary N) is 1. The van der Waals surface area contributed by atoms with Crippen LogP contribution >= 0.6 is 0 Å². The SMILES string of the molecule is C#CCN(C(=O)c1ccccc1C)C(C(=O)NC1CCCCC1)C1CCCCC1. The monoisotopic (exact) mass is 394 g/mol. The Morgan fingerprint density at radius 1 is 1.07 bits per heavy atom. The molecule has 0 aliphatic heterocycles. The van der Waals surface area contributed by atoms with Gasteiger partial charge in [-0.1, -0.05) is 62.6 Å². The molecule has 0 saturated heterocycles. The topological polar surface area (TPSA) is 49.4 Å². The van der Waals surface area contributed by atoms with Gasteiger partial charge in [0.2, 0.25) is 5.91 Å². The van der Waals surface area contributed by atoms with E-state index >= 15 is 0 Å². The number of rotatable bonds is 6. The van der Waals surface area contributed by atoms with E-state index in [1.54, 1.807) is 4.90 Å². The molecule has 3 rings (SSSR count). The van der Waals surface area contributed by atoms with Gasteiger partial charge in [-0.15, -0.1) is 6.42 Å². The van der Waals surface area contributed by atoms with Crippen LogP contribution < -0.4 is 5.32 Å². The van der Waals surface area contributed by atoms with E-state index in [-0.39, 0.29) is 30.3 Å². The van der Waals surface area contributed by atoms with E-state index in [0.717, 1.165) is 56.9 Å². The van der Waals surface area contributed by atoms with Crippen molar-refractivity contribution in [2.45, 2.75) is 83.2 Å². The minimum atomic E-state index is -0.486. The van der Waals surface area contributed by atoms with Gasteiger partial charge >= 0.3 is 0 Å². The molecule has 2 aliphatic carbocycles. The summed E-state index contributed by atoms with van der Waals surface area (Å²) in [6.07, 6.45) is 16.7. The number of carbonyl (C=O) groups excluding carboxylic acids is 2. The van der Waals surface area contributed by atoms with E-state index in [9.17, 15) is 9.59 Å². The van der Waals surface area contributed by atoms with Crippen LogP contribution in [0.15, 0.2) is 24.3 Å². The summed E-state index contributed by atoms with van der Waals surface area (Å²) in [5.41, 5.74) is 1.55. The molecule has 0 radical (unpaired) electrons. The van der Waals surface area contributed by atoms with E-state index in [0.29, 0.717) is 5.56 Å². The second-order valence-electron chi connectivity index (χ2n) is 8.64. The summed E-state index contributed by atoms with van der Waals surface area (Å²) >= 11 is 0. The van der Waals surface area contributed by atoms with Gasteiger partial charge in [-0.25, -0.2) is 0 Å². The van der Waals surface area contributed by atoms with Crippen molar-refractivity contribution in [2.75, 3.05) is 6.54 Å². The highest BCUT2D eigenvalue weighted by Crippen LogP contribution is 2.31. The Kier molecular flexibility index (Phi) is 7.75. The Bertz CT molecular complexity index is 739. The van der Waals surface area contributed by atoms with Gasteiger partial charge in [0.1, 0.15) is 6.04 Å². The van der Waals surface area contributed by atoms with Crippen LogP contribution in [-0.2, 0) is 4.79 Å². The van der Waals surface area contributed by atoms with Gasteiger partial charge in [-0.05, 0) is 50.2 Å². The molecular weight excluding hydrogens is 360 g/mol. The standard InChI is InChI=1S/C25H34N2O2/c1-3-18-27(25(29)22-17-11-10-12-19(22)2)23(20-13-6-4-7-14-20)24(28)26-21-15-8-5-9-16-21/h1,10-12,17,20-21,23H,4-9,13-16,18H2,2H3,(H,26,28). The molecule has 4 nitrogen and oxygen atoms in total. The van der Waals surface area contributed by atoms with Crippen LogP contribution in [0.4, 0.5) is 0 Å². The number of nitrogens with zero attached hydrogens (tertiary/aromatic N) is 1. The molecule has 1 N–H and O–H groups in total. The Hall–Kier alpha value is -2.28. The second-order valence-corrected chi connectivity index (χ2v) is 8.64. The molecule has 2 aliphatic rings. The van der Waals surface area contributed by atoms with E-state index in [4.69, 9.17) is 6.42 Å². The third-order valence-electron chi connectivity index (χ3n) is 6.55. The fourth-order valence-electron chi connectivity index (χ4n) is 4.96. The first-order valence-electron chi connectivity index (χ1n) is 11.2. The molecule has 0 aromatic heterocycles. The molecule has 2 fully saturated rings. The van der Waals surface area contributed by atoms with Crippen molar-refractivity contribution < 1.29 is 9.59 Å². The summed E-state index contributed by atoms with van der Waals surface area (Å²) < 4.78 is 0. The van der Waals surface area contributed by atoms with E-state index < -0.39 is 6.04 Å². The van der Waals surface area contributed by atoms with Gasteiger partial charge in [0.25, 0.3) is 5.91 Å². The predicted molar refractivity (Wildman–Crippen MR) is 116 cm³/mol. The quantitative estimate of drug-likeness (QED) is 0.724. The van der Waals surface area contributed by atoms with Crippen LogP contribution in [0.2, 0.25) is 0 Å². The summed E-state index contributed by atoms with van der Waals surface area (Å²) in [6, 6.07) is 7.29. The fraction of sp³-hybridized carbons (Fsp3) is 0.600. The van der Waals surface area contributed by atoms with Crippen molar-refractivity contribution >= 4 is 11.8 Å². The van der Waals surface area contributed by atoms with Crippen molar-refractivity contribution in [2.24, 2.45) is 5.92 Å². The average molecular weight is 395 g/mol. The largest absolute Gasteiger partial charge is 0.352 e. The fourth-order valence-corrected chi connectivity index (χ4v) is 4.96. The lowest BCUT2D eigenvalue weighted by Crippen LogP contribution is -2.55. The van der Waals surface area contributed by atoms with Crippen LogP contribution in [0.5, 0.6) is 0 Å². The molecule has 1 atom stereocenters. The van der Waals surface area contributed by atoms with Crippen LogP contribution in [0.1, 0.15) is 80.1 Å². The molecule has 0 spiro atoms. The number of hydrogen-bond acceptors (Lipinski definition) is 2. The lowest BCUT2D eigenvalue weighted by Gasteiger charge is -2.38. The number of carbonyl (C=O) groups is 2. The van der Waals surface area contributed by atoms with Crippen molar-refractivity contribution in [3.05, 3.63) is 35.4 Å². The van der Waals surface area contributed by atoms with Gasteiger partial charge < -0.3 is 10.2 Å². The van der Waals surface area contributed by atoms with Crippen molar-refractivity contribution in [1.82, 2.24) is 10.2 Å². The van der Waals surface area contributed by atoms with Gasteiger partial charge in [0.05, 0.1) is 6.54 Å². The maximum Gasteiger partial charge on any atom is 0.255 e. The minimum absolute atomic E-state index is 0.0130. The highest BCUT2D eigenvalue weighted by Gasteiger charge is 2.38. The van der Waals surface area contributed by atoms with Gasteiger partial charge in [-0.3, -0.25) is 9.59 Å². The van der Waals surface area contributed by atoms with Crippen molar-refractivity contribution in [3.8, 4) is 12.3 Å².